The average Bonchev–Trinajstić information content (AvgIpc) is 3.13. The van der Waals surface area contributed by atoms with Crippen molar-refractivity contribution < 1.29 is 23.0 Å². The van der Waals surface area contributed by atoms with E-state index >= 15 is 0 Å². The summed E-state index contributed by atoms with van der Waals surface area (Å²) in [6.07, 6.45) is -0.137. The largest absolute Gasteiger partial charge is 0.493 e. The number of ether oxygens (including phenoxy) is 2. The maximum atomic E-state index is 14.6. The highest BCUT2D eigenvalue weighted by Crippen LogP contribution is 2.57. The van der Waals surface area contributed by atoms with E-state index in [9.17, 15) is 13.6 Å². The Bertz CT molecular complexity index is 1000. The molecule has 2 aliphatic rings. The van der Waals surface area contributed by atoms with Gasteiger partial charge in [-0.15, -0.1) is 0 Å². The lowest BCUT2D eigenvalue weighted by Gasteiger charge is -2.44. The first kappa shape index (κ1) is 20.6. The van der Waals surface area contributed by atoms with Gasteiger partial charge in [-0.25, -0.2) is 13.6 Å². The zero-order valence-corrected chi connectivity index (χ0v) is 17.1. The molecule has 0 aromatic heterocycles. The number of amides is 1. The van der Waals surface area contributed by atoms with Crippen LogP contribution in [0.4, 0.5) is 13.6 Å². The lowest BCUT2D eigenvalue weighted by molar-refractivity contribution is 0.0397. The zero-order chi connectivity index (χ0) is 21.3. The molecule has 6 nitrogen and oxygen atoms in total. The minimum absolute atomic E-state index is 0.0124. The van der Waals surface area contributed by atoms with Crippen molar-refractivity contribution in [2.24, 2.45) is 16.8 Å². The maximum absolute atomic E-state index is 14.6. The summed E-state index contributed by atoms with van der Waals surface area (Å²) in [5, 5.41) is 5.85. The first-order valence-corrected chi connectivity index (χ1v) is 10.4. The van der Waals surface area contributed by atoms with Crippen LogP contribution in [0.5, 0.6) is 5.75 Å². The molecule has 2 aromatic rings. The number of para-hydroxylation sites is 1. The Labute approximate surface area is 177 Å². The Balaban J connectivity index is 1.90. The van der Waals surface area contributed by atoms with Crippen molar-refractivity contribution in [2.75, 3.05) is 19.8 Å². The molecular formula is C21H21F2N3O3S. The zero-order valence-electron chi connectivity index (χ0n) is 16.3. The molecule has 4 rings (SSSR count). The summed E-state index contributed by atoms with van der Waals surface area (Å²) in [6.45, 7) is 2.50. The van der Waals surface area contributed by atoms with E-state index in [2.05, 4.69) is 5.10 Å². The van der Waals surface area contributed by atoms with E-state index in [1.54, 1.807) is 13.0 Å². The predicted molar refractivity (Wildman–Crippen MR) is 110 cm³/mol. The summed E-state index contributed by atoms with van der Waals surface area (Å²) >= 11 is 1.20. The number of hydrogen-bond acceptors (Lipinski definition) is 6. The molecule has 0 radical (unpaired) electrons. The van der Waals surface area contributed by atoms with Gasteiger partial charge >= 0.3 is 6.09 Å². The molecule has 1 spiro atoms. The first-order valence-electron chi connectivity index (χ1n) is 9.63. The van der Waals surface area contributed by atoms with Crippen LogP contribution in [-0.2, 0) is 9.61 Å². The molecule has 2 aliphatic heterocycles. The average molecular weight is 433 g/mol. The topological polar surface area (TPSA) is 77.1 Å². The minimum Gasteiger partial charge on any atom is -0.493 e. The van der Waals surface area contributed by atoms with Gasteiger partial charge in [0.1, 0.15) is 22.4 Å². The van der Waals surface area contributed by atoms with Crippen molar-refractivity contribution in [2.45, 2.75) is 18.2 Å². The second-order valence-electron chi connectivity index (χ2n) is 6.92. The molecule has 30 heavy (non-hydrogen) atoms. The molecule has 0 saturated carbocycles. The third kappa shape index (κ3) is 3.31. The Kier molecular flexibility index (Phi) is 5.66. The van der Waals surface area contributed by atoms with E-state index < -0.39 is 22.6 Å². The number of carbonyl (C=O) groups excluding carboxylic acids is 1. The number of halogens is 2. The Hall–Kier alpha value is -2.65. The molecule has 0 bridgehead atoms. The quantitative estimate of drug-likeness (QED) is 0.788. The highest BCUT2D eigenvalue weighted by Gasteiger charge is 2.57. The van der Waals surface area contributed by atoms with E-state index in [0.717, 1.165) is 18.2 Å². The number of nitrogens with zero attached hydrogens (tertiary/aromatic N) is 2. The molecular weight excluding hydrogens is 412 g/mol. The van der Waals surface area contributed by atoms with Crippen LogP contribution in [0.15, 0.2) is 47.6 Å². The second-order valence-corrected chi connectivity index (χ2v) is 8.13. The monoisotopic (exact) mass is 433 g/mol. The van der Waals surface area contributed by atoms with Crippen LogP contribution in [0.2, 0.25) is 0 Å². The van der Waals surface area contributed by atoms with Gasteiger partial charge in [0, 0.05) is 17.0 Å². The van der Waals surface area contributed by atoms with Gasteiger partial charge in [-0.1, -0.05) is 30.0 Å². The predicted octanol–water partition coefficient (Wildman–Crippen LogP) is 4.04. The Morgan fingerprint density at radius 3 is 2.93 bits per heavy atom. The Morgan fingerprint density at radius 2 is 2.17 bits per heavy atom. The van der Waals surface area contributed by atoms with Gasteiger partial charge in [0.2, 0.25) is 0 Å². The molecule has 2 heterocycles. The molecule has 1 amide bonds. The van der Waals surface area contributed by atoms with Crippen LogP contribution in [0.25, 0.3) is 0 Å². The van der Waals surface area contributed by atoms with Crippen molar-refractivity contribution in [3.63, 3.8) is 0 Å². The van der Waals surface area contributed by atoms with Gasteiger partial charge in [0.15, 0.2) is 4.87 Å². The molecule has 2 aromatic carbocycles. The number of thioether (sulfide) groups is 1. The van der Waals surface area contributed by atoms with Crippen molar-refractivity contribution in [3.05, 3.63) is 65.2 Å². The van der Waals surface area contributed by atoms with Crippen LogP contribution < -0.4 is 10.5 Å². The summed E-state index contributed by atoms with van der Waals surface area (Å²) in [5.74, 6) is -0.864. The van der Waals surface area contributed by atoms with E-state index in [4.69, 9.17) is 15.2 Å². The molecule has 2 atom stereocenters. The molecule has 0 fully saturated rings. The molecule has 2 unspecified atom stereocenters. The number of rotatable bonds is 4. The van der Waals surface area contributed by atoms with Gasteiger partial charge in [0.05, 0.1) is 13.2 Å². The van der Waals surface area contributed by atoms with E-state index in [0.29, 0.717) is 30.9 Å². The van der Waals surface area contributed by atoms with Gasteiger partial charge in [0.25, 0.3) is 0 Å². The number of fused-ring (bicyclic) bond motifs is 2. The molecule has 9 heteroatoms. The number of hydrogen-bond donors (Lipinski definition) is 1. The van der Waals surface area contributed by atoms with Crippen LogP contribution in [-0.4, -0.2) is 35.9 Å². The SMILES string of the molecule is CCOC(=O)N1N=C(c2cc(F)ccc2F)SC12c1ccccc1OCC2CCN. The molecule has 0 aliphatic carbocycles. The summed E-state index contributed by atoms with van der Waals surface area (Å²) < 4.78 is 39.6. The highest BCUT2D eigenvalue weighted by molar-refractivity contribution is 8.15. The lowest BCUT2D eigenvalue weighted by Crippen LogP contribution is -2.51. The van der Waals surface area contributed by atoms with Gasteiger partial charge in [-0.3, -0.25) is 0 Å². The van der Waals surface area contributed by atoms with Crippen LogP contribution in [0.3, 0.4) is 0 Å². The van der Waals surface area contributed by atoms with Crippen LogP contribution >= 0.6 is 11.8 Å². The molecule has 0 saturated heterocycles. The van der Waals surface area contributed by atoms with E-state index in [-0.39, 0.29) is 23.1 Å². The molecule has 158 valence electrons. The lowest BCUT2D eigenvalue weighted by atomic mass is 9.87. The van der Waals surface area contributed by atoms with Crippen LogP contribution in [0.1, 0.15) is 24.5 Å². The normalized spacial score (nSPS) is 22.5. The Morgan fingerprint density at radius 1 is 1.37 bits per heavy atom. The summed E-state index contributed by atoms with van der Waals surface area (Å²) in [4.78, 5) is 11.9. The van der Waals surface area contributed by atoms with E-state index in [1.807, 2.05) is 18.2 Å². The second kappa shape index (κ2) is 8.23. The van der Waals surface area contributed by atoms with Crippen molar-refractivity contribution in [3.8, 4) is 5.75 Å². The number of carbonyl (C=O) groups is 1. The molecule has 2 N–H and O–H groups in total. The fourth-order valence-electron chi connectivity index (χ4n) is 3.82. The van der Waals surface area contributed by atoms with Gasteiger partial charge < -0.3 is 15.2 Å². The summed E-state index contributed by atoms with van der Waals surface area (Å²) in [5.41, 5.74) is 6.55. The van der Waals surface area contributed by atoms with Crippen LogP contribution in [0, 0.1) is 17.6 Å². The van der Waals surface area contributed by atoms with Crippen molar-refractivity contribution >= 4 is 22.9 Å². The number of benzene rings is 2. The van der Waals surface area contributed by atoms with Crippen molar-refractivity contribution in [1.82, 2.24) is 5.01 Å². The standard InChI is InChI=1S/C21H21F2N3O3S/c1-2-28-20(27)26-21(30-19(25-26)15-11-14(22)7-8-17(15)23)13(9-10-24)12-29-18-6-4-3-5-16(18)21/h3-8,11,13H,2,9-10,12,24H2,1H3. The fourth-order valence-corrected chi connectivity index (χ4v) is 5.34. The van der Waals surface area contributed by atoms with Gasteiger partial charge in [-0.05, 0) is 44.2 Å². The maximum Gasteiger partial charge on any atom is 0.432 e. The smallest absolute Gasteiger partial charge is 0.432 e. The summed E-state index contributed by atoms with van der Waals surface area (Å²) in [6, 6.07) is 10.5. The van der Waals surface area contributed by atoms with Gasteiger partial charge in [-0.2, -0.15) is 10.1 Å². The number of nitrogens with two attached hydrogens (primary N) is 1. The first-order chi connectivity index (χ1) is 14.5. The minimum atomic E-state index is -1.05. The third-order valence-electron chi connectivity index (χ3n) is 5.14. The fraction of sp³-hybridized carbons (Fsp3) is 0.333. The summed E-state index contributed by atoms with van der Waals surface area (Å²) in [7, 11) is 0. The third-order valence-corrected chi connectivity index (χ3v) is 6.67. The van der Waals surface area contributed by atoms with Crippen molar-refractivity contribution in [1.29, 1.82) is 0 Å². The number of hydrazone groups is 1. The van der Waals surface area contributed by atoms with E-state index in [1.165, 1.54) is 16.8 Å². The highest BCUT2D eigenvalue weighted by atomic mass is 32.2.